The number of nitrogens with zero attached hydrogens (tertiary/aromatic N) is 2. The molecule has 0 aliphatic carbocycles. The molecule has 1 aromatic carbocycles. The second-order valence-electron chi connectivity index (χ2n) is 4.64. The van der Waals surface area contributed by atoms with Gasteiger partial charge in [0.1, 0.15) is 23.3 Å². The second-order valence-corrected chi connectivity index (χ2v) is 4.64. The molecule has 0 saturated carbocycles. The molecule has 1 aromatic heterocycles. The Balaban J connectivity index is 2.66. The van der Waals surface area contributed by atoms with Crippen LogP contribution in [0, 0.1) is 36.8 Å². The molecule has 4 nitrogen and oxygen atoms in total. The van der Waals surface area contributed by atoms with Gasteiger partial charge in [-0.3, -0.25) is 4.79 Å². The van der Waals surface area contributed by atoms with E-state index in [4.69, 9.17) is 11.0 Å². The van der Waals surface area contributed by atoms with Crippen LogP contribution in [0.25, 0.3) is 5.69 Å². The van der Waals surface area contributed by atoms with Crippen LogP contribution in [0.2, 0.25) is 0 Å². The average molecular weight is 289 g/mol. The Hall–Kier alpha value is -2.52. The lowest BCUT2D eigenvalue weighted by Crippen LogP contribution is -2.14. The largest absolute Gasteiger partial charge is 0.324 e. The number of carbonyl (C=O) groups is 1. The maximum atomic E-state index is 13.7. The van der Waals surface area contributed by atoms with E-state index in [1.54, 1.807) is 24.5 Å². The highest BCUT2D eigenvalue weighted by Gasteiger charge is 2.18. The van der Waals surface area contributed by atoms with E-state index in [1.165, 1.54) is 6.07 Å². The van der Waals surface area contributed by atoms with Crippen molar-refractivity contribution in [2.24, 2.45) is 5.73 Å². The highest BCUT2D eigenvalue weighted by molar-refractivity contribution is 5.99. The van der Waals surface area contributed by atoms with Crippen LogP contribution in [-0.2, 0) is 0 Å². The fraction of sp³-hybridized carbons (Fsp3) is 0.200. The molecule has 0 aliphatic rings. The standard InChI is InChI=1S/C15H13F2N3O/c1-8-3-11(15(21)7-19)9(2)20(8)10-4-13(16)12(6-18)14(17)5-10/h3-5H,7,19H2,1-2H3. The predicted octanol–water partition coefficient (Wildman–Crippen LogP) is 2.39. The molecule has 108 valence electrons. The number of ketones is 1. The third-order valence-electron chi connectivity index (χ3n) is 3.31. The third-order valence-corrected chi connectivity index (χ3v) is 3.31. The zero-order valence-electron chi connectivity index (χ0n) is 11.6. The van der Waals surface area contributed by atoms with Gasteiger partial charge >= 0.3 is 0 Å². The molecule has 2 rings (SSSR count). The molecule has 21 heavy (non-hydrogen) atoms. The molecule has 0 atom stereocenters. The zero-order valence-corrected chi connectivity index (χ0v) is 11.6. The number of aryl methyl sites for hydroxylation is 1. The Labute approximate surface area is 120 Å². The molecule has 6 heteroatoms. The van der Waals surface area contributed by atoms with Crippen LogP contribution in [-0.4, -0.2) is 16.9 Å². The van der Waals surface area contributed by atoms with E-state index in [1.807, 2.05) is 0 Å². The maximum absolute atomic E-state index is 13.7. The monoisotopic (exact) mass is 289 g/mol. The summed E-state index contributed by atoms with van der Waals surface area (Å²) in [6, 6.07) is 5.23. The minimum absolute atomic E-state index is 0.139. The molecule has 0 bridgehead atoms. The van der Waals surface area contributed by atoms with Gasteiger partial charge < -0.3 is 10.3 Å². The van der Waals surface area contributed by atoms with Gasteiger partial charge in [-0.25, -0.2) is 8.78 Å². The summed E-state index contributed by atoms with van der Waals surface area (Å²) < 4.78 is 29.0. The van der Waals surface area contributed by atoms with Crippen molar-refractivity contribution in [3.8, 4) is 11.8 Å². The Morgan fingerprint density at radius 1 is 1.29 bits per heavy atom. The van der Waals surface area contributed by atoms with Gasteiger partial charge in [0.25, 0.3) is 0 Å². The van der Waals surface area contributed by atoms with Gasteiger partial charge in [-0.05, 0) is 32.0 Å². The molecule has 0 aliphatic heterocycles. The van der Waals surface area contributed by atoms with Crippen LogP contribution in [0.3, 0.4) is 0 Å². The number of aromatic nitrogens is 1. The maximum Gasteiger partial charge on any atom is 0.178 e. The van der Waals surface area contributed by atoms with Crippen LogP contribution in [0.15, 0.2) is 18.2 Å². The highest BCUT2D eigenvalue weighted by Crippen LogP contribution is 2.24. The van der Waals surface area contributed by atoms with Crippen LogP contribution in [0.4, 0.5) is 8.78 Å². The fourth-order valence-electron chi connectivity index (χ4n) is 2.35. The molecule has 2 aromatic rings. The predicted molar refractivity (Wildman–Crippen MR) is 73.3 cm³/mol. The van der Waals surface area contributed by atoms with E-state index in [0.717, 1.165) is 12.1 Å². The summed E-state index contributed by atoms with van der Waals surface area (Å²) in [4.78, 5) is 11.7. The minimum Gasteiger partial charge on any atom is -0.324 e. The lowest BCUT2D eigenvalue weighted by atomic mass is 10.1. The quantitative estimate of drug-likeness (QED) is 0.882. The van der Waals surface area contributed by atoms with Crippen molar-refractivity contribution >= 4 is 5.78 Å². The van der Waals surface area contributed by atoms with E-state index in [-0.39, 0.29) is 18.0 Å². The van der Waals surface area contributed by atoms with Gasteiger partial charge in [0.2, 0.25) is 0 Å². The molecule has 2 N–H and O–H groups in total. The Bertz CT molecular complexity index is 749. The smallest absolute Gasteiger partial charge is 0.178 e. The molecular formula is C15H13F2N3O. The number of Topliss-reactive ketones (excluding diaryl/α,β-unsaturated/α-hetero) is 1. The van der Waals surface area contributed by atoms with Crippen LogP contribution < -0.4 is 5.73 Å². The van der Waals surface area contributed by atoms with Gasteiger partial charge in [0.15, 0.2) is 5.78 Å². The first kappa shape index (κ1) is 14.9. The van der Waals surface area contributed by atoms with E-state index < -0.39 is 17.2 Å². The van der Waals surface area contributed by atoms with Crippen LogP contribution in [0.5, 0.6) is 0 Å². The number of halogens is 2. The SMILES string of the molecule is Cc1cc(C(=O)CN)c(C)n1-c1cc(F)c(C#N)c(F)c1. The number of hydrogen-bond donors (Lipinski definition) is 1. The van der Waals surface area contributed by atoms with Crippen LogP contribution in [0.1, 0.15) is 27.3 Å². The zero-order chi connectivity index (χ0) is 15.7. The molecule has 0 fully saturated rings. The molecule has 0 amide bonds. The van der Waals surface area contributed by atoms with Crippen molar-refractivity contribution in [2.75, 3.05) is 6.54 Å². The summed E-state index contributed by atoms with van der Waals surface area (Å²) >= 11 is 0. The van der Waals surface area contributed by atoms with Gasteiger partial charge in [-0.15, -0.1) is 0 Å². The molecule has 0 spiro atoms. The number of rotatable bonds is 3. The van der Waals surface area contributed by atoms with Crippen molar-refractivity contribution < 1.29 is 13.6 Å². The normalized spacial score (nSPS) is 10.5. The number of nitriles is 1. The second kappa shape index (κ2) is 5.46. The topological polar surface area (TPSA) is 71.8 Å². The first-order valence-electron chi connectivity index (χ1n) is 6.22. The summed E-state index contributed by atoms with van der Waals surface area (Å²) in [7, 11) is 0. The summed E-state index contributed by atoms with van der Waals surface area (Å²) in [5.41, 5.74) is 6.55. The third kappa shape index (κ3) is 2.43. The lowest BCUT2D eigenvalue weighted by Gasteiger charge is -2.11. The number of hydrogen-bond acceptors (Lipinski definition) is 3. The van der Waals surface area contributed by atoms with E-state index in [0.29, 0.717) is 17.0 Å². The van der Waals surface area contributed by atoms with Gasteiger partial charge in [0, 0.05) is 17.0 Å². The van der Waals surface area contributed by atoms with Crippen molar-refractivity contribution in [3.05, 3.63) is 52.3 Å². The molecule has 0 saturated heterocycles. The summed E-state index contributed by atoms with van der Waals surface area (Å²) in [5.74, 6) is -2.12. The molecular weight excluding hydrogens is 276 g/mol. The van der Waals surface area contributed by atoms with Crippen LogP contribution >= 0.6 is 0 Å². The summed E-state index contributed by atoms with van der Waals surface area (Å²) in [6.07, 6.45) is 0. The van der Waals surface area contributed by atoms with Crippen molar-refractivity contribution in [3.63, 3.8) is 0 Å². The Kier molecular flexibility index (Phi) is 3.87. The first-order chi connectivity index (χ1) is 9.90. The fourth-order valence-corrected chi connectivity index (χ4v) is 2.35. The number of nitrogens with two attached hydrogens (primary N) is 1. The number of benzene rings is 1. The van der Waals surface area contributed by atoms with Crippen molar-refractivity contribution in [1.82, 2.24) is 4.57 Å². The number of carbonyl (C=O) groups excluding carboxylic acids is 1. The van der Waals surface area contributed by atoms with Gasteiger partial charge in [-0.1, -0.05) is 0 Å². The average Bonchev–Trinajstić information content (AvgIpc) is 2.72. The molecule has 0 radical (unpaired) electrons. The lowest BCUT2D eigenvalue weighted by molar-refractivity contribution is 0.100. The van der Waals surface area contributed by atoms with E-state index >= 15 is 0 Å². The summed E-state index contributed by atoms with van der Waals surface area (Å²) in [5, 5.41) is 8.68. The minimum atomic E-state index is -0.938. The highest BCUT2D eigenvalue weighted by atomic mass is 19.1. The molecule has 0 unspecified atom stereocenters. The summed E-state index contributed by atoms with van der Waals surface area (Å²) in [6.45, 7) is 3.25. The van der Waals surface area contributed by atoms with Gasteiger partial charge in [-0.2, -0.15) is 5.26 Å². The van der Waals surface area contributed by atoms with Crippen molar-refractivity contribution in [1.29, 1.82) is 5.26 Å². The van der Waals surface area contributed by atoms with E-state index in [9.17, 15) is 13.6 Å². The van der Waals surface area contributed by atoms with E-state index in [2.05, 4.69) is 0 Å². The van der Waals surface area contributed by atoms with Gasteiger partial charge in [0.05, 0.1) is 12.2 Å². The first-order valence-corrected chi connectivity index (χ1v) is 6.22. The Morgan fingerprint density at radius 3 is 2.33 bits per heavy atom. The van der Waals surface area contributed by atoms with Crippen molar-refractivity contribution in [2.45, 2.75) is 13.8 Å². The Morgan fingerprint density at radius 2 is 1.86 bits per heavy atom. The molecule has 1 heterocycles.